The van der Waals surface area contributed by atoms with E-state index in [0.717, 1.165) is 35.5 Å². The molecular weight excluding hydrogens is 296 g/mol. The maximum absolute atomic E-state index is 9.53. The number of aryl methyl sites for hydroxylation is 2. The number of nitrogens with zero attached hydrogens (tertiary/aromatic N) is 3. The zero-order chi connectivity index (χ0) is 16.7. The Hall–Kier alpha value is -2.12. The highest BCUT2D eigenvalue weighted by molar-refractivity contribution is 5.96. The monoisotopic (exact) mass is 320 g/mol. The second kappa shape index (κ2) is 6.07. The molecule has 2 aliphatic rings. The van der Waals surface area contributed by atoms with Crippen molar-refractivity contribution in [3.05, 3.63) is 35.0 Å². The highest BCUT2D eigenvalue weighted by atomic mass is 15.2. The molecule has 1 aromatic carbocycles. The molecule has 1 saturated heterocycles. The lowest BCUT2D eigenvalue weighted by molar-refractivity contribution is 0.210. The summed E-state index contributed by atoms with van der Waals surface area (Å²) in [7, 11) is 0. The van der Waals surface area contributed by atoms with E-state index in [1.54, 1.807) is 6.20 Å². The molecule has 4 heteroatoms. The van der Waals surface area contributed by atoms with Gasteiger partial charge in [-0.1, -0.05) is 11.6 Å². The van der Waals surface area contributed by atoms with Crippen molar-refractivity contribution in [2.45, 2.75) is 51.6 Å². The van der Waals surface area contributed by atoms with Crippen LogP contribution in [0.3, 0.4) is 0 Å². The van der Waals surface area contributed by atoms with E-state index < -0.39 is 0 Å². The summed E-state index contributed by atoms with van der Waals surface area (Å²) >= 11 is 0. The first-order chi connectivity index (χ1) is 11.7. The van der Waals surface area contributed by atoms with Crippen LogP contribution in [-0.2, 0) is 0 Å². The molecule has 1 N–H and O–H groups in total. The van der Waals surface area contributed by atoms with Crippen molar-refractivity contribution < 1.29 is 0 Å². The van der Waals surface area contributed by atoms with Crippen molar-refractivity contribution in [1.82, 2.24) is 9.88 Å². The van der Waals surface area contributed by atoms with Gasteiger partial charge in [0.2, 0.25) is 0 Å². The number of anilines is 1. The number of hydrogen-bond donors (Lipinski definition) is 1. The quantitative estimate of drug-likeness (QED) is 0.935. The van der Waals surface area contributed by atoms with Gasteiger partial charge in [0.15, 0.2) is 0 Å². The average molecular weight is 320 g/mol. The van der Waals surface area contributed by atoms with E-state index in [9.17, 15) is 5.26 Å². The molecule has 2 aromatic rings. The number of piperidine rings is 1. The Morgan fingerprint density at radius 1 is 1.17 bits per heavy atom. The van der Waals surface area contributed by atoms with Crippen LogP contribution in [0, 0.1) is 25.2 Å². The number of pyridine rings is 1. The minimum atomic E-state index is 0.443. The zero-order valence-corrected chi connectivity index (χ0v) is 14.5. The van der Waals surface area contributed by atoms with Crippen molar-refractivity contribution in [3.63, 3.8) is 0 Å². The van der Waals surface area contributed by atoms with Gasteiger partial charge < -0.3 is 10.2 Å². The standard InChI is InChI=1S/C20H24N4/c1-13-9-14(2)19-18(10-13)20(15(11-21)12-22-19)23-16-5-7-24(8-6-16)17-3-4-17/h9-10,12,16-17H,3-8H2,1-2H3,(H,22,23). The van der Waals surface area contributed by atoms with Crippen LogP contribution in [0.2, 0.25) is 0 Å². The molecule has 24 heavy (non-hydrogen) atoms. The zero-order valence-electron chi connectivity index (χ0n) is 14.5. The molecular formula is C20H24N4. The van der Waals surface area contributed by atoms with Crippen molar-refractivity contribution >= 4 is 16.6 Å². The van der Waals surface area contributed by atoms with Crippen LogP contribution in [0.1, 0.15) is 42.4 Å². The Bertz CT molecular complexity index is 808. The number of hydrogen-bond acceptors (Lipinski definition) is 4. The summed E-state index contributed by atoms with van der Waals surface area (Å²) in [5.74, 6) is 0. The first-order valence-corrected chi connectivity index (χ1v) is 8.96. The molecule has 1 aliphatic heterocycles. The van der Waals surface area contributed by atoms with E-state index in [2.05, 4.69) is 47.3 Å². The molecule has 4 rings (SSSR count). The van der Waals surface area contributed by atoms with E-state index in [1.807, 2.05) is 0 Å². The SMILES string of the molecule is Cc1cc(C)c2ncc(C#N)c(NC3CCN(C4CC4)CC3)c2c1. The average Bonchev–Trinajstić information content (AvgIpc) is 3.41. The molecule has 2 fully saturated rings. The van der Waals surface area contributed by atoms with E-state index in [0.29, 0.717) is 11.6 Å². The summed E-state index contributed by atoms with van der Waals surface area (Å²) in [5, 5.41) is 14.3. The molecule has 0 unspecified atom stereocenters. The summed E-state index contributed by atoms with van der Waals surface area (Å²) in [6, 6.07) is 7.92. The molecule has 0 spiro atoms. The van der Waals surface area contributed by atoms with E-state index in [4.69, 9.17) is 0 Å². The second-order valence-corrected chi connectivity index (χ2v) is 7.32. The third kappa shape index (κ3) is 2.85. The van der Waals surface area contributed by atoms with Gasteiger partial charge in [-0.2, -0.15) is 5.26 Å². The van der Waals surface area contributed by atoms with Crippen LogP contribution in [-0.4, -0.2) is 35.1 Å². The fourth-order valence-electron chi connectivity index (χ4n) is 3.95. The van der Waals surface area contributed by atoms with Crippen LogP contribution in [0.15, 0.2) is 18.3 Å². The Morgan fingerprint density at radius 2 is 1.92 bits per heavy atom. The highest BCUT2D eigenvalue weighted by Gasteiger charge is 2.32. The molecule has 2 heterocycles. The predicted octanol–water partition coefficient (Wildman–Crippen LogP) is 3.76. The van der Waals surface area contributed by atoms with Gasteiger partial charge in [-0.3, -0.25) is 4.98 Å². The Labute approximate surface area is 143 Å². The van der Waals surface area contributed by atoms with Crippen molar-refractivity contribution in [3.8, 4) is 6.07 Å². The van der Waals surface area contributed by atoms with E-state index in [1.165, 1.54) is 37.1 Å². The van der Waals surface area contributed by atoms with E-state index >= 15 is 0 Å². The van der Waals surface area contributed by atoms with Crippen LogP contribution < -0.4 is 5.32 Å². The predicted molar refractivity (Wildman–Crippen MR) is 97.2 cm³/mol. The highest BCUT2D eigenvalue weighted by Crippen LogP contribution is 2.33. The fraction of sp³-hybridized carbons (Fsp3) is 0.500. The van der Waals surface area contributed by atoms with Gasteiger partial charge in [0.25, 0.3) is 0 Å². The molecule has 1 saturated carbocycles. The number of likely N-dealkylation sites (tertiary alicyclic amines) is 1. The number of nitriles is 1. The molecule has 124 valence electrons. The molecule has 0 atom stereocenters. The van der Waals surface area contributed by atoms with Gasteiger partial charge in [-0.15, -0.1) is 0 Å². The number of benzene rings is 1. The minimum absolute atomic E-state index is 0.443. The number of fused-ring (bicyclic) bond motifs is 1. The molecule has 1 aliphatic carbocycles. The van der Waals surface area contributed by atoms with Gasteiger partial charge >= 0.3 is 0 Å². The number of rotatable bonds is 3. The third-order valence-corrected chi connectivity index (χ3v) is 5.37. The number of aromatic nitrogens is 1. The summed E-state index contributed by atoms with van der Waals surface area (Å²) in [6.45, 7) is 6.53. The van der Waals surface area contributed by atoms with E-state index in [-0.39, 0.29) is 0 Å². The third-order valence-electron chi connectivity index (χ3n) is 5.37. The van der Waals surface area contributed by atoms with Crippen molar-refractivity contribution in [2.24, 2.45) is 0 Å². The van der Waals surface area contributed by atoms with Crippen LogP contribution in [0.25, 0.3) is 10.9 Å². The van der Waals surface area contributed by atoms with Gasteiger partial charge in [0, 0.05) is 36.8 Å². The van der Waals surface area contributed by atoms with Gasteiger partial charge in [-0.05, 0) is 51.2 Å². The molecule has 0 bridgehead atoms. The molecule has 4 nitrogen and oxygen atoms in total. The largest absolute Gasteiger partial charge is 0.381 e. The Kier molecular flexibility index (Phi) is 3.90. The maximum Gasteiger partial charge on any atom is 0.103 e. The lowest BCUT2D eigenvalue weighted by atomic mass is 10.0. The maximum atomic E-state index is 9.53. The lowest BCUT2D eigenvalue weighted by Gasteiger charge is -2.33. The topological polar surface area (TPSA) is 52.0 Å². The van der Waals surface area contributed by atoms with Crippen molar-refractivity contribution in [2.75, 3.05) is 18.4 Å². The smallest absolute Gasteiger partial charge is 0.103 e. The lowest BCUT2D eigenvalue weighted by Crippen LogP contribution is -2.40. The van der Waals surface area contributed by atoms with Gasteiger partial charge in [0.1, 0.15) is 6.07 Å². The molecule has 0 amide bonds. The summed E-state index contributed by atoms with van der Waals surface area (Å²) in [6.07, 6.45) is 6.77. The number of nitrogens with one attached hydrogen (secondary N) is 1. The first kappa shape index (κ1) is 15.4. The van der Waals surface area contributed by atoms with Gasteiger partial charge in [-0.25, -0.2) is 0 Å². The first-order valence-electron chi connectivity index (χ1n) is 8.96. The summed E-state index contributed by atoms with van der Waals surface area (Å²) in [4.78, 5) is 7.15. The normalized spacial score (nSPS) is 19.4. The Balaban J connectivity index is 1.64. The Morgan fingerprint density at radius 3 is 2.58 bits per heavy atom. The second-order valence-electron chi connectivity index (χ2n) is 7.32. The minimum Gasteiger partial charge on any atom is -0.381 e. The van der Waals surface area contributed by atoms with Crippen LogP contribution in [0.4, 0.5) is 5.69 Å². The molecule has 1 aromatic heterocycles. The summed E-state index contributed by atoms with van der Waals surface area (Å²) in [5.41, 5.74) is 5.00. The van der Waals surface area contributed by atoms with Crippen molar-refractivity contribution in [1.29, 1.82) is 5.26 Å². The summed E-state index contributed by atoms with van der Waals surface area (Å²) < 4.78 is 0. The van der Waals surface area contributed by atoms with Crippen LogP contribution in [0.5, 0.6) is 0 Å². The van der Waals surface area contributed by atoms with Crippen LogP contribution >= 0.6 is 0 Å². The fourth-order valence-corrected chi connectivity index (χ4v) is 3.95. The van der Waals surface area contributed by atoms with Gasteiger partial charge in [0.05, 0.1) is 16.8 Å². The molecule has 0 radical (unpaired) electrons.